The van der Waals surface area contributed by atoms with Crippen LogP contribution in [0.5, 0.6) is 0 Å². The molecule has 4 aromatic rings. The average Bonchev–Trinajstić information content (AvgIpc) is 3.10. The Morgan fingerprint density at radius 2 is 1.82 bits per heavy atom. The summed E-state index contributed by atoms with van der Waals surface area (Å²) >= 11 is 0. The lowest BCUT2D eigenvalue weighted by Crippen LogP contribution is -2.45. The number of fused-ring (bicyclic) bond motifs is 1. The fourth-order valence-corrected chi connectivity index (χ4v) is 4.36. The molecular weight excluding hydrogens is 424 g/mol. The highest BCUT2D eigenvalue weighted by molar-refractivity contribution is 5.83. The molecule has 4 heterocycles. The van der Waals surface area contributed by atoms with Crippen LogP contribution in [-0.2, 0) is 0 Å². The van der Waals surface area contributed by atoms with Crippen molar-refractivity contribution in [3.8, 4) is 11.3 Å². The Labute approximate surface area is 190 Å². The Morgan fingerprint density at radius 3 is 2.48 bits per heavy atom. The molecule has 0 atom stereocenters. The molecule has 5 rings (SSSR count). The molecule has 0 unspecified atom stereocenters. The molecule has 9 heteroatoms. The minimum atomic E-state index is -0.637. The van der Waals surface area contributed by atoms with Crippen LogP contribution in [0.4, 0.5) is 26.2 Å². The third kappa shape index (κ3) is 3.88. The highest BCUT2D eigenvalue weighted by Crippen LogP contribution is 2.30. The first-order valence-corrected chi connectivity index (χ1v) is 11.0. The monoisotopic (exact) mass is 449 g/mol. The molecule has 1 aliphatic rings. The number of halogens is 2. The number of rotatable bonds is 5. The number of aromatic nitrogens is 5. The fraction of sp³-hybridized carbons (Fsp3) is 0.333. The molecule has 1 fully saturated rings. The van der Waals surface area contributed by atoms with Crippen LogP contribution in [-0.4, -0.2) is 37.6 Å². The van der Waals surface area contributed by atoms with Crippen molar-refractivity contribution in [3.05, 3.63) is 54.1 Å². The number of nitrogens with zero attached hydrogens (tertiary/aromatic N) is 6. The molecule has 170 valence electrons. The van der Waals surface area contributed by atoms with Gasteiger partial charge in [0.1, 0.15) is 22.9 Å². The highest BCUT2D eigenvalue weighted by atomic mass is 19.1. The van der Waals surface area contributed by atoms with Crippen molar-refractivity contribution in [2.24, 2.45) is 5.92 Å². The van der Waals surface area contributed by atoms with Crippen molar-refractivity contribution in [2.75, 3.05) is 23.3 Å². The van der Waals surface area contributed by atoms with Gasteiger partial charge in [-0.05, 0) is 51.0 Å². The molecule has 1 N–H and O–H groups in total. The van der Waals surface area contributed by atoms with Crippen LogP contribution in [0.15, 0.2) is 36.7 Å². The smallest absolute Gasteiger partial charge is 0.229 e. The molecule has 1 aliphatic heterocycles. The van der Waals surface area contributed by atoms with Gasteiger partial charge in [0.05, 0.1) is 23.6 Å². The van der Waals surface area contributed by atoms with E-state index in [1.54, 1.807) is 12.3 Å². The Hall–Kier alpha value is -3.62. The van der Waals surface area contributed by atoms with Crippen LogP contribution in [0.3, 0.4) is 0 Å². The van der Waals surface area contributed by atoms with Crippen LogP contribution < -0.4 is 10.2 Å². The molecule has 0 radical (unpaired) electrons. The summed E-state index contributed by atoms with van der Waals surface area (Å²) in [7, 11) is 0. The normalized spacial score (nSPS) is 14.2. The molecule has 1 aromatic carbocycles. The van der Waals surface area contributed by atoms with Crippen molar-refractivity contribution in [3.63, 3.8) is 0 Å². The molecular formula is C24H25F2N7. The summed E-state index contributed by atoms with van der Waals surface area (Å²) in [6, 6.07) is 6.86. The molecule has 3 aromatic heterocycles. The standard InChI is InChI=1S/C24H25F2N7/c1-13(2)33-15(4)29-23-18(25)7-16(8-20(23)33)22-19(26)10-28-24(31-22)30-21-6-5-17(9-27-21)32-11-14(3)12-32/h5-10,13-14H,11-12H2,1-4H3,(H,27,28,30,31). The average molecular weight is 450 g/mol. The van der Waals surface area contributed by atoms with Crippen LogP contribution in [0.1, 0.15) is 32.6 Å². The van der Waals surface area contributed by atoms with E-state index >= 15 is 0 Å². The fourth-order valence-electron chi connectivity index (χ4n) is 4.36. The van der Waals surface area contributed by atoms with Crippen molar-refractivity contribution < 1.29 is 8.78 Å². The third-order valence-electron chi connectivity index (χ3n) is 5.88. The van der Waals surface area contributed by atoms with Gasteiger partial charge in [-0.2, -0.15) is 0 Å². The minimum absolute atomic E-state index is 0.00801. The zero-order valence-electron chi connectivity index (χ0n) is 19.0. The quantitative estimate of drug-likeness (QED) is 0.448. The summed E-state index contributed by atoms with van der Waals surface area (Å²) in [6.07, 6.45) is 2.87. The maximum absolute atomic E-state index is 14.9. The van der Waals surface area contributed by atoms with E-state index in [1.165, 1.54) is 6.07 Å². The molecule has 0 aliphatic carbocycles. The molecule has 7 nitrogen and oxygen atoms in total. The highest BCUT2D eigenvalue weighted by Gasteiger charge is 2.23. The number of nitrogens with one attached hydrogen (secondary N) is 1. The van der Waals surface area contributed by atoms with Crippen LogP contribution in [0.2, 0.25) is 0 Å². The van der Waals surface area contributed by atoms with Crippen LogP contribution >= 0.6 is 0 Å². The van der Waals surface area contributed by atoms with Gasteiger partial charge < -0.3 is 14.8 Å². The van der Waals surface area contributed by atoms with Gasteiger partial charge in [0.15, 0.2) is 11.6 Å². The van der Waals surface area contributed by atoms with E-state index in [0.717, 1.165) is 25.0 Å². The van der Waals surface area contributed by atoms with E-state index < -0.39 is 11.6 Å². The number of hydrogen-bond acceptors (Lipinski definition) is 6. The molecule has 0 saturated carbocycles. The molecule has 33 heavy (non-hydrogen) atoms. The Balaban J connectivity index is 1.46. The predicted molar refractivity (Wildman–Crippen MR) is 125 cm³/mol. The zero-order chi connectivity index (χ0) is 23.3. The molecule has 0 spiro atoms. The van der Waals surface area contributed by atoms with Gasteiger partial charge >= 0.3 is 0 Å². The van der Waals surface area contributed by atoms with Gasteiger partial charge in [-0.25, -0.2) is 28.7 Å². The molecule has 0 amide bonds. The van der Waals surface area contributed by atoms with Crippen molar-refractivity contribution >= 4 is 28.5 Å². The van der Waals surface area contributed by atoms with Gasteiger partial charge in [0.2, 0.25) is 5.95 Å². The van der Waals surface area contributed by atoms with Gasteiger partial charge in [-0.1, -0.05) is 6.92 Å². The summed E-state index contributed by atoms with van der Waals surface area (Å²) in [5.41, 5.74) is 2.25. The molecule has 1 saturated heterocycles. The van der Waals surface area contributed by atoms with Gasteiger partial charge in [-0.15, -0.1) is 0 Å². The summed E-state index contributed by atoms with van der Waals surface area (Å²) in [5.74, 6) is 0.958. The van der Waals surface area contributed by atoms with Crippen LogP contribution in [0.25, 0.3) is 22.3 Å². The maximum atomic E-state index is 14.9. The number of aryl methyl sites for hydroxylation is 1. The lowest BCUT2D eigenvalue weighted by molar-refractivity contribution is 0.447. The first-order chi connectivity index (χ1) is 15.8. The Bertz CT molecular complexity index is 1330. The lowest BCUT2D eigenvalue weighted by Gasteiger charge is -2.38. The van der Waals surface area contributed by atoms with Crippen LogP contribution in [0, 0.1) is 24.5 Å². The van der Waals surface area contributed by atoms with E-state index in [2.05, 4.69) is 37.1 Å². The van der Waals surface area contributed by atoms with E-state index in [4.69, 9.17) is 0 Å². The van der Waals surface area contributed by atoms with Gasteiger partial charge in [0, 0.05) is 24.7 Å². The summed E-state index contributed by atoms with van der Waals surface area (Å²) in [6.45, 7) is 10.1. The van der Waals surface area contributed by atoms with E-state index in [0.29, 0.717) is 28.6 Å². The summed E-state index contributed by atoms with van der Waals surface area (Å²) in [5, 5.41) is 3.01. The molecule has 0 bridgehead atoms. The second-order valence-corrected chi connectivity index (χ2v) is 8.88. The van der Waals surface area contributed by atoms with Crippen molar-refractivity contribution in [1.29, 1.82) is 0 Å². The Kier molecular flexibility index (Phi) is 5.19. The second-order valence-electron chi connectivity index (χ2n) is 8.88. The van der Waals surface area contributed by atoms with Crippen molar-refractivity contribution in [1.82, 2.24) is 24.5 Å². The third-order valence-corrected chi connectivity index (χ3v) is 5.88. The number of benzene rings is 1. The van der Waals surface area contributed by atoms with E-state index in [9.17, 15) is 8.78 Å². The maximum Gasteiger partial charge on any atom is 0.229 e. The summed E-state index contributed by atoms with van der Waals surface area (Å²) < 4.78 is 31.5. The number of anilines is 3. The van der Waals surface area contributed by atoms with E-state index in [1.807, 2.05) is 37.5 Å². The first-order valence-electron chi connectivity index (χ1n) is 11.0. The van der Waals surface area contributed by atoms with Crippen molar-refractivity contribution in [2.45, 2.75) is 33.7 Å². The number of hydrogen-bond donors (Lipinski definition) is 1. The lowest BCUT2D eigenvalue weighted by atomic mass is 10.0. The SMILES string of the molecule is Cc1nc2c(F)cc(-c3nc(Nc4ccc(N5CC(C)C5)cn4)ncc3F)cc2n1C(C)C. The van der Waals surface area contributed by atoms with Gasteiger partial charge in [-0.3, -0.25) is 0 Å². The Morgan fingerprint density at radius 1 is 1.03 bits per heavy atom. The predicted octanol–water partition coefficient (Wildman–Crippen LogP) is 5.26. The zero-order valence-corrected chi connectivity index (χ0v) is 19.0. The minimum Gasteiger partial charge on any atom is -0.370 e. The largest absolute Gasteiger partial charge is 0.370 e. The first kappa shape index (κ1) is 21.2. The summed E-state index contributed by atoms with van der Waals surface area (Å²) in [4.78, 5) is 19.4. The van der Waals surface area contributed by atoms with Gasteiger partial charge in [0.25, 0.3) is 0 Å². The topological polar surface area (TPSA) is 71.8 Å². The number of pyridine rings is 1. The number of imidazole rings is 1. The second kappa shape index (κ2) is 8.06. The van der Waals surface area contributed by atoms with E-state index in [-0.39, 0.29) is 23.2 Å².